The molecular formula is C21H19BrO. The molecule has 0 unspecified atom stereocenters. The van der Waals surface area contributed by atoms with Crippen molar-refractivity contribution in [3.05, 3.63) is 87.4 Å². The summed E-state index contributed by atoms with van der Waals surface area (Å²) in [5, 5.41) is 0. The zero-order valence-electron chi connectivity index (χ0n) is 13.4. The van der Waals surface area contributed by atoms with Crippen molar-refractivity contribution in [2.24, 2.45) is 0 Å². The molecule has 0 amide bonds. The number of ketones is 1. The summed E-state index contributed by atoms with van der Waals surface area (Å²) in [5.74, 6) is -0.0703. The number of carbonyl (C=O) groups is 1. The molecule has 23 heavy (non-hydrogen) atoms. The van der Waals surface area contributed by atoms with E-state index >= 15 is 0 Å². The highest BCUT2D eigenvalue weighted by atomic mass is 79.9. The number of allylic oxidation sites excluding steroid dienone is 3. The van der Waals surface area contributed by atoms with Gasteiger partial charge in [0.2, 0.25) is 0 Å². The molecule has 0 bridgehead atoms. The molecule has 1 aliphatic rings. The molecule has 116 valence electrons. The molecule has 1 nitrogen and oxygen atoms in total. The Hall–Kier alpha value is -1.93. The number of carbonyl (C=O) groups excluding carboxylic acids is 1. The smallest absolute Gasteiger partial charge is 0.156 e. The van der Waals surface area contributed by atoms with Crippen molar-refractivity contribution in [2.45, 2.75) is 26.2 Å². The minimum atomic E-state index is -0.106. The SMILES string of the molecule is C=C(C(C)=O)[C@H](C1=C(Br)Cc2ccccc21)c1cccc(C)c1. The molecule has 0 heterocycles. The number of fused-ring (bicyclic) bond motifs is 1. The number of hydrogen-bond donors (Lipinski definition) is 0. The molecule has 2 aromatic rings. The second-order valence-electron chi connectivity index (χ2n) is 6.08. The van der Waals surface area contributed by atoms with Gasteiger partial charge in [0.25, 0.3) is 0 Å². The fraction of sp³-hybridized carbons (Fsp3) is 0.190. The molecule has 0 N–H and O–H groups in total. The molecule has 1 aliphatic carbocycles. The van der Waals surface area contributed by atoms with Crippen molar-refractivity contribution in [1.29, 1.82) is 0 Å². The average Bonchev–Trinajstić information content (AvgIpc) is 2.84. The van der Waals surface area contributed by atoms with E-state index in [1.54, 1.807) is 6.92 Å². The third-order valence-electron chi connectivity index (χ3n) is 4.41. The monoisotopic (exact) mass is 366 g/mol. The zero-order valence-corrected chi connectivity index (χ0v) is 15.0. The van der Waals surface area contributed by atoms with Crippen LogP contribution in [-0.4, -0.2) is 5.78 Å². The minimum absolute atomic E-state index is 0.0358. The first kappa shape index (κ1) is 15.9. The molecule has 0 fully saturated rings. The van der Waals surface area contributed by atoms with Crippen LogP contribution in [0.15, 0.2) is 65.2 Å². The van der Waals surface area contributed by atoms with Crippen molar-refractivity contribution in [3.63, 3.8) is 0 Å². The number of benzene rings is 2. The van der Waals surface area contributed by atoms with E-state index in [9.17, 15) is 4.79 Å². The predicted molar refractivity (Wildman–Crippen MR) is 99.7 cm³/mol. The van der Waals surface area contributed by atoms with Crippen molar-refractivity contribution in [1.82, 2.24) is 0 Å². The molecule has 0 aliphatic heterocycles. The summed E-state index contributed by atoms with van der Waals surface area (Å²) in [5.41, 5.74) is 6.63. The number of aryl methyl sites for hydroxylation is 1. The van der Waals surface area contributed by atoms with E-state index < -0.39 is 0 Å². The van der Waals surface area contributed by atoms with Crippen LogP contribution < -0.4 is 0 Å². The Kier molecular flexibility index (Phi) is 4.36. The maximum absolute atomic E-state index is 12.1. The molecule has 2 heteroatoms. The van der Waals surface area contributed by atoms with Gasteiger partial charge in [0.1, 0.15) is 0 Å². The van der Waals surface area contributed by atoms with E-state index in [0.717, 1.165) is 16.5 Å². The third kappa shape index (κ3) is 2.96. The van der Waals surface area contributed by atoms with E-state index in [1.165, 1.54) is 22.3 Å². The van der Waals surface area contributed by atoms with Crippen LogP contribution in [0.5, 0.6) is 0 Å². The number of Topliss-reactive ketones (excluding diaryl/α,β-unsaturated/α-hetero) is 1. The van der Waals surface area contributed by atoms with Gasteiger partial charge in [-0.15, -0.1) is 0 Å². The van der Waals surface area contributed by atoms with Gasteiger partial charge in [-0.05, 0) is 41.7 Å². The Morgan fingerprint density at radius 3 is 2.61 bits per heavy atom. The van der Waals surface area contributed by atoms with Crippen molar-refractivity contribution >= 4 is 27.3 Å². The van der Waals surface area contributed by atoms with Crippen LogP contribution in [0.1, 0.15) is 35.1 Å². The molecule has 0 saturated carbocycles. The summed E-state index contributed by atoms with van der Waals surface area (Å²) in [6, 6.07) is 16.7. The quantitative estimate of drug-likeness (QED) is 0.644. The van der Waals surface area contributed by atoms with Crippen LogP contribution in [0.25, 0.3) is 5.57 Å². The summed E-state index contributed by atoms with van der Waals surface area (Å²) in [7, 11) is 0. The molecule has 3 rings (SSSR count). The van der Waals surface area contributed by atoms with Gasteiger partial charge in [-0.2, -0.15) is 0 Å². The molecule has 0 spiro atoms. The van der Waals surface area contributed by atoms with E-state index in [2.05, 4.69) is 65.8 Å². The van der Waals surface area contributed by atoms with Gasteiger partial charge in [0, 0.05) is 16.8 Å². The van der Waals surface area contributed by atoms with Gasteiger partial charge in [-0.25, -0.2) is 0 Å². The van der Waals surface area contributed by atoms with E-state index in [1.807, 2.05) is 12.1 Å². The number of hydrogen-bond acceptors (Lipinski definition) is 1. The molecule has 0 saturated heterocycles. The van der Waals surface area contributed by atoms with Gasteiger partial charge in [0.15, 0.2) is 5.78 Å². The third-order valence-corrected chi connectivity index (χ3v) is 5.12. The molecule has 2 aromatic carbocycles. The number of rotatable bonds is 4. The first-order valence-corrected chi connectivity index (χ1v) is 8.51. The maximum Gasteiger partial charge on any atom is 0.156 e. The van der Waals surface area contributed by atoms with Crippen LogP contribution in [0.3, 0.4) is 0 Å². The average molecular weight is 367 g/mol. The Balaban J connectivity index is 2.19. The van der Waals surface area contributed by atoms with Gasteiger partial charge in [0.05, 0.1) is 0 Å². The largest absolute Gasteiger partial charge is 0.295 e. The Labute approximate surface area is 145 Å². The molecule has 0 radical (unpaired) electrons. The normalized spacial score (nSPS) is 14.6. The lowest BCUT2D eigenvalue weighted by Gasteiger charge is -2.22. The van der Waals surface area contributed by atoms with Gasteiger partial charge in [-0.3, -0.25) is 4.79 Å². The Bertz CT molecular complexity index is 829. The van der Waals surface area contributed by atoms with Gasteiger partial charge < -0.3 is 0 Å². The highest BCUT2D eigenvalue weighted by Gasteiger charge is 2.30. The van der Waals surface area contributed by atoms with E-state index in [0.29, 0.717) is 5.57 Å². The molecular weight excluding hydrogens is 348 g/mol. The first-order valence-electron chi connectivity index (χ1n) is 7.72. The predicted octanol–water partition coefficient (Wildman–Crippen LogP) is 5.59. The fourth-order valence-electron chi connectivity index (χ4n) is 3.25. The topological polar surface area (TPSA) is 17.1 Å². The van der Waals surface area contributed by atoms with E-state index in [-0.39, 0.29) is 11.7 Å². The van der Waals surface area contributed by atoms with E-state index in [4.69, 9.17) is 0 Å². The zero-order chi connectivity index (χ0) is 16.6. The van der Waals surface area contributed by atoms with Crippen molar-refractivity contribution in [2.75, 3.05) is 0 Å². The highest BCUT2D eigenvalue weighted by Crippen LogP contribution is 2.47. The van der Waals surface area contributed by atoms with Crippen LogP contribution in [0.4, 0.5) is 0 Å². The lowest BCUT2D eigenvalue weighted by atomic mass is 9.81. The van der Waals surface area contributed by atoms with Crippen LogP contribution in [0, 0.1) is 6.92 Å². The lowest BCUT2D eigenvalue weighted by molar-refractivity contribution is -0.113. The molecule has 0 aromatic heterocycles. The standard InChI is InChI=1S/C21H19BrO/c1-13-7-6-9-17(11-13)20(14(2)15(3)23)21-18-10-5-4-8-16(18)12-19(21)22/h4-11,20H,2,12H2,1,3H3/t20-/m0/s1. The van der Waals surface area contributed by atoms with Crippen LogP contribution in [0.2, 0.25) is 0 Å². The first-order chi connectivity index (χ1) is 11.0. The molecule has 1 atom stereocenters. The van der Waals surface area contributed by atoms with Gasteiger partial charge in [-0.1, -0.05) is 76.6 Å². The highest BCUT2D eigenvalue weighted by molar-refractivity contribution is 9.11. The van der Waals surface area contributed by atoms with Crippen molar-refractivity contribution in [3.8, 4) is 0 Å². The summed E-state index contributed by atoms with van der Waals surface area (Å²) in [4.78, 5) is 12.1. The summed E-state index contributed by atoms with van der Waals surface area (Å²) < 4.78 is 1.15. The number of halogens is 1. The van der Waals surface area contributed by atoms with Crippen LogP contribution >= 0.6 is 15.9 Å². The summed E-state index contributed by atoms with van der Waals surface area (Å²) in [6.45, 7) is 7.78. The maximum atomic E-state index is 12.1. The van der Waals surface area contributed by atoms with Crippen molar-refractivity contribution < 1.29 is 4.79 Å². The summed E-state index contributed by atoms with van der Waals surface area (Å²) in [6.07, 6.45) is 0.874. The fourth-order valence-corrected chi connectivity index (χ4v) is 4.00. The Morgan fingerprint density at radius 1 is 1.17 bits per heavy atom. The summed E-state index contributed by atoms with van der Waals surface area (Å²) >= 11 is 3.75. The lowest BCUT2D eigenvalue weighted by Crippen LogP contribution is -2.11. The van der Waals surface area contributed by atoms with Crippen LogP contribution in [-0.2, 0) is 11.2 Å². The second kappa shape index (κ2) is 6.29. The Morgan fingerprint density at radius 2 is 1.91 bits per heavy atom. The van der Waals surface area contributed by atoms with Gasteiger partial charge >= 0.3 is 0 Å². The minimum Gasteiger partial charge on any atom is -0.295 e. The second-order valence-corrected chi connectivity index (χ2v) is 7.04.